The van der Waals surface area contributed by atoms with Gasteiger partial charge in [-0.1, -0.05) is 12.1 Å². The standard InChI is InChI=1S/C12H20N2O3S/c1-2-17-12-8-4-3-7-11(12)14-18(15,16)10-6-5-9-13/h3-4,7-8,14H,2,5-6,9-10,13H2,1H3. The van der Waals surface area contributed by atoms with Crippen molar-refractivity contribution in [1.29, 1.82) is 0 Å². The van der Waals surface area contributed by atoms with Crippen molar-refractivity contribution < 1.29 is 13.2 Å². The lowest BCUT2D eigenvalue weighted by Gasteiger charge is -2.12. The minimum atomic E-state index is -3.33. The Bertz CT molecular complexity index is 460. The molecule has 0 saturated carbocycles. The van der Waals surface area contributed by atoms with Gasteiger partial charge >= 0.3 is 0 Å². The van der Waals surface area contributed by atoms with Gasteiger partial charge in [0.05, 0.1) is 18.0 Å². The molecule has 0 saturated heterocycles. The van der Waals surface area contributed by atoms with Crippen LogP contribution in [0.25, 0.3) is 0 Å². The van der Waals surface area contributed by atoms with Crippen LogP contribution in [0.3, 0.4) is 0 Å². The summed E-state index contributed by atoms with van der Waals surface area (Å²) in [5.41, 5.74) is 5.82. The van der Waals surface area contributed by atoms with Crippen molar-refractivity contribution in [2.45, 2.75) is 19.8 Å². The van der Waals surface area contributed by atoms with Gasteiger partial charge in [0.1, 0.15) is 5.75 Å². The Morgan fingerprint density at radius 2 is 2.00 bits per heavy atom. The molecule has 1 aromatic carbocycles. The third kappa shape index (κ3) is 4.93. The van der Waals surface area contributed by atoms with Crippen LogP contribution in [0.2, 0.25) is 0 Å². The van der Waals surface area contributed by atoms with Crippen molar-refractivity contribution in [1.82, 2.24) is 0 Å². The number of anilines is 1. The predicted molar refractivity (Wildman–Crippen MR) is 73.3 cm³/mol. The second-order valence-electron chi connectivity index (χ2n) is 3.85. The average Bonchev–Trinajstić information content (AvgIpc) is 2.32. The number of nitrogens with one attached hydrogen (secondary N) is 1. The number of hydrogen-bond acceptors (Lipinski definition) is 4. The van der Waals surface area contributed by atoms with Crippen LogP contribution in [-0.2, 0) is 10.0 Å². The number of para-hydroxylation sites is 2. The van der Waals surface area contributed by atoms with Crippen LogP contribution in [0.4, 0.5) is 5.69 Å². The highest BCUT2D eigenvalue weighted by Gasteiger charge is 2.12. The second kappa shape index (κ2) is 7.23. The molecular weight excluding hydrogens is 252 g/mol. The van der Waals surface area contributed by atoms with Gasteiger partial charge in [-0.3, -0.25) is 4.72 Å². The number of hydrogen-bond donors (Lipinski definition) is 2. The summed E-state index contributed by atoms with van der Waals surface area (Å²) < 4.78 is 31.5. The highest BCUT2D eigenvalue weighted by atomic mass is 32.2. The molecule has 3 N–H and O–H groups in total. The number of sulfonamides is 1. The predicted octanol–water partition coefficient (Wildman–Crippen LogP) is 1.57. The van der Waals surface area contributed by atoms with E-state index in [9.17, 15) is 8.42 Å². The lowest BCUT2D eigenvalue weighted by molar-refractivity contribution is 0.342. The van der Waals surface area contributed by atoms with Gasteiger partial charge in [0.2, 0.25) is 10.0 Å². The number of rotatable bonds is 8. The molecule has 0 aliphatic heterocycles. The average molecular weight is 272 g/mol. The maximum absolute atomic E-state index is 11.8. The summed E-state index contributed by atoms with van der Waals surface area (Å²) in [7, 11) is -3.33. The van der Waals surface area contributed by atoms with Crippen LogP contribution in [0.5, 0.6) is 5.75 Å². The molecule has 0 aromatic heterocycles. The van der Waals surface area contributed by atoms with Crippen LogP contribution < -0.4 is 15.2 Å². The number of benzene rings is 1. The van der Waals surface area contributed by atoms with Crippen molar-refractivity contribution in [3.63, 3.8) is 0 Å². The fourth-order valence-corrected chi connectivity index (χ4v) is 2.68. The first-order chi connectivity index (χ1) is 8.59. The molecule has 1 rings (SSSR count). The Morgan fingerprint density at radius 1 is 1.28 bits per heavy atom. The Hall–Kier alpha value is -1.27. The lowest BCUT2D eigenvalue weighted by Crippen LogP contribution is -2.18. The molecule has 0 aliphatic rings. The molecule has 0 amide bonds. The number of nitrogens with two attached hydrogens (primary N) is 1. The van der Waals surface area contributed by atoms with Crippen molar-refractivity contribution in [3.8, 4) is 5.75 Å². The fraction of sp³-hybridized carbons (Fsp3) is 0.500. The maximum Gasteiger partial charge on any atom is 0.232 e. The van der Waals surface area contributed by atoms with Crippen molar-refractivity contribution in [3.05, 3.63) is 24.3 Å². The Labute approximate surface area is 108 Å². The van der Waals surface area contributed by atoms with Gasteiger partial charge in [-0.2, -0.15) is 0 Å². The molecule has 0 heterocycles. The molecule has 0 aliphatic carbocycles. The van der Waals surface area contributed by atoms with Crippen LogP contribution in [0.15, 0.2) is 24.3 Å². The SMILES string of the molecule is CCOc1ccccc1NS(=O)(=O)CCCCN. The summed E-state index contributed by atoms with van der Waals surface area (Å²) in [5.74, 6) is 0.618. The van der Waals surface area contributed by atoms with E-state index in [1.807, 2.05) is 6.92 Å². The first kappa shape index (κ1) is 14.8. The van der Waals surface area contributed by atoms with Crippen molar-refractivity contribution in [2.75, 3.05) is 23.6 Å². The quantitative estimate of drug-likeness (QED) is 0.704. The van der Waals surface area contributed by atoms with Gasteiger partial charge < -0.3 is 10.5 Å². The van der Waals surface area contributed by atoms with E-state index >= 15 is 0 Å². The molecule has 18 heavy (non-hydrogen) atoms. The first-order valence-corrected chi connectivity index (χ1v) is 7.66. The monoisotopic (exact) mass is 272 g/mol. The van der Waals surface area contributed by atoms with E-state index in [4.69, 9.17) is 10.5 Å². The normalized spacial score (nSPS) is 11.2. The van der Waals surface area contributed by atoms with Gasteiger partial charge in [0.25, 0.3) is 0 Å². The summed E-state index contributed by atoms with van der Waals surface area (Å²) in [4.78, 5) is 0. The van der Waals surface area contributed by atoms with Gasteiger partial charge in [0, 0.05) is 0 Å². The summed E-state index contributed by atoms with van der Waals surface area (Å²) in [6.45, 7) is 2.85. The molecule has 6 heteroatoms. The minimum absolute atomic E-state index is 0.0741. The molecule has 0 radical (unpaired) electrons. The minimum Gasteiger partial charge on any atom is -0.492 e. The van der Waals surface area contributed by atoms with E-state index in [1.54, 1.807) is 24.3 Å². The van der Waals surface area contributed by atoms with E-state index in [0.717, 1.165) is 0 Å². The summed E-state index contributed by atoms with van der Waals surface area (Å²) >= 11 is 0. The van der Waals surface area contributed by atoms with E-state index in [0.29, 0.717) is 37.4 Å². The highest BCUT2D eigenvalue weighted by molar-refractivity contribution is 7.92. The summed E-state index contributed by atoms with van der Waals surface area (Å²) in [6.07, 6.45) is 1.26. The smallest absolute Gasteiger partial charge is 0.232 e. The molecule has 0 spiro atoms. The molecule has 5 nitrogen and oxygen atoms in total. The first-order valence-electron chi connectivity index (χ1n) is 6.01. The van der Waals surface area contributed by atoms with Gasteiger partial charge in [-0.05, 0) is 38.4 Å². The molecule has 0 atom stereocenters. The van der Waals surface area contributed by atoms with Gasteiger partial charge in [-0.15, -0.1) is 0 Å². The Morgan fingerprint density at radius 3 is 2.67 bits per heavy atom. The molecule has 0 unspecified atom stereocenters. The highest BCUT2D eigenvalue weighted by Crippen LogP contribution is 2.24. The Kier molecular flexibility index (Phi) is 5.94. The summed E-state index contributed by atoms with van der Waals surface area (Å²) in [5, 5.41) is 0. The zero-order valence-corrected chi connectivity index (χ0v) is 11.4. The van der Waals surface area contributed by atoms with Crippen LogP contribution in [0, 0.1) is 0 Å². The molecule has 0 bridgehead atoms. The Balaban J connectivity index is 2.71. The topological polar surface area (TPSA) is 81.4 Å². The number of unbranched alkanes of at least 4 members (excludes halogenated alkanes) is 1. The molecule has 0 fully saturated rings. The molecule has 1 aromatic rings. The van der Waals surface area contributed by atoms with Crippen LogP contribution >= 0.6 is 0 Å². The van der Waals surface area contributed by atoms with Gasteiger partial charge in [-0.25, -0.2) is 8.42 Å². The van der Waals surface area contributed by atoms with Crippen molar-refractivity contribution >= 4 is 15.7 Å². The fourth-order valence-electron chi connectivity index (χ4n) is 1.49. The zero-order valence-electron chi connectivity index (χ0n) is 10.6. The maximum atomic E-state index is 11.8. The van der Waals surface area contributed by atoms with E-state index in [2.05, 4.69) is 4.72 Å². The van der Waals surface area contributed by atoms with Crippen molar-refractivity contribution in [2.24, 2.45) is 5.73 Å². The second-order valence-corrected chi connectivity index (χ2v) is 5.69. The molecular formula is C12H20N2O3S. The molecule has 102 valence electrons. The lowest BCUT2D eigenvalue weighted by atomic mass is 10.3. The largest absolute Gasteiger partial charge is 0.492 e. The van der Waals surface area contributed by atoms with E-state index in [-0.39, 0.29) is 5.75 Å². The number of ether oxygens (including phenoxy) is 1. The third-order valence-electron chi connectivity index (χ3n) is 2.32. The van der Waals surface area contributed by atoms with E-state index in [1.165, 1.54) is 0 Å². The van der Waals surface area contributed by atoms with E-state index < -0.39 is 10.0 Å². The van der Waals surface area contributed by atoms with Gasteiger partial charge in [0.15, 0.2) is 0 Å². The third-order valence-corrected chi connectivity index (χ3v) is 3.68. The summed E-state index contributed by atoms with van der Waals surface area (Å²) in [6, 6.07) is 6.99. The zero-order chi connectivity index (χ0) is 13.4. The van der Waals surface area contributed by atoms with Crippen LogP contribution in [-0.4, -0.2) is 27.3 Å². The van der Waals surface area contributed by atoms with Crippen LogP contribution in [0.1, 0.15) is 19.8 Å².